The molecule has 0 heterocycles. The molecule has 0 aliphatic heterocycles. The minimum Gasteiger partial charge on any atom is -0.376 e. The van der Waals surface area contributed by atoms with Gasteiger partial charge in [0.2, 0.25) is 0 Å². The van der Waals surface area contributed by atoms with Crippen LogP contribution in [0.25, 0.3) is 0 Å². The second kappa shape index (κ2) is 7.09. The van der Waals surface area contributed by atoms with Crippen LogP contribution in [-0.2, 0) is 4.79 Å². The number of amides is 1. The van der Waals surface area contributed by atoms with Crippen molar-refractivity contribution in [3.63, 3.8) is 0 Å². The van der Waals surface area contributed by atoms with E-state index in [1.165, 1.54) is 0 Å². The molecule has 4 nitrogen and oxygen atoms in total. The molecule has 0 radical (unpaired) electrons. The Morgan fingerprint density at radius 2 is 1.95 bits per heavy atom. The van der Waals surface area contributed by atoms with E-state index in [9.17, 15) is 4.79 Å². The Hall–Kier alpha value is -2.62. The highest BCUT2D eigenvalue weighted by Gasteiger charge is 1.99. The molecule has 0 atom stereocenters. The van der Waals surface area contributed by atoms with Gasteiger partial charge in [0, 0.05) is 5.69 Å². The van der Waals surface area contributed by atoms with Gasteiger partial charge >= 0.3 is 0 Å². The summed E-state index contributed by atoms with van der Waals surface area (Å²) in [4.78, 5) is 11.6. The van der Waals surface area contributed by atoms with E-state index in [4.69, 9.17) is 0 Å². The van der Waals surface area contributed by atoms with Gasteiger partial charge in [-0.1, -0.05) is 42.5 Å². The van der Waals surface area contributed by atoms with Crippen molar-refractivity contribution < 1.29 is 4.79 Å². The van der Waals surface area contributed by atoms with Crippen molar-refractivity contribution in [2.45, 2.75) is 6.92 Å². The van der Waals surface area contributed by atoms with Gasteiger partial charge < -0.3 is 5.32 Å². The topological polar surface area (TPSA) is 53.5 Å². The highest BCUT2D eigenvalue weighted by Crippen LogP contribution is 2.08. The summed E-state index contributed by atoms with van der Waals surface area (Å²) in [5, 5.41) is 6.95. The van der Waals surface area contributed by atoms with E-state index in [1.807, 2.05) is 61.5 Å². The fourth-order valence-corrected chi connectivity index (χ4v) is 1.69. The van der Waals surface area contributed by atoms with Gasteiger partial charge in [-0.3, -0.25) is 4.79 Å². The monoisotopic (exact) mass is 267 g/mol. The van der Waals surface area contributed by atoms with Crippen molar-refractivity contribution in [1.29, 1.82) is 0 Å². The average molecular weight is 267 g/mol. The molecule has 0 unspecified atom stereocenters. The second-order valence-electron chi connectivity index (χ2n) is 4.43. The van der Waals surface area contributed by atoms with Crippen LogP contribution in [0.4, 0.5) is 5.69 Å². The fourth-order valence-electron chi connectivity index (χ4n) is 1.69. The normalized spacial score (nSPS) is 10.4. The Kier molecular flexibility index (Phi) is 4.89. The SMILES string of the molecule is Cc1cccc(NCC(=O)N/N=C\c2ccccc2)c1. The van der Waals surface area contributed by atoms with E-state index < -0.39 is 0 Å². The van der Waals surface area contributed by atoms with Gasteiger partial charge in [0.1, 0.15) is 0 Å². The molecule has 2 rings (SSSR count). The summed E-state index contributed by atoms with van der Waals surface area (Å²) in [6.45, 7) is 2.20. The smallest absolute Gasteiger partial charge is 0.259 e. The number of nitrogens with one attached hydrogen (secondary N) is 2. The molecule has 4 heteroatoms. The van der Waals surface area contributed by atoms with E-state index in [-0.39, 0.29) is 12.5 Å². The molecule has 0 fully saturated rings. The van der Waals surface area contributed by atoms with Crippen molar-refractivity contribution in [2.24, 2.45) is 5.10 Å². The summed E-state index contributed by atoms with van der Waals surface area (Å²) in [7, 11) is 0. The highest BCUT2D eigenvalue weighted by molar-refractivity contribution is 5.84. The van der Waals surface area contributed by atoms with Crippen LogP contribution in [0.1, 0.15) is 11.1 Å². The Morgan fingerprint density at radius 3 is 2.70 bits per heavy atom. The van der Waals surface area contributed by atoms with Gasteiger partial charge in [-0.15, -0.1) is 0 Å². The molecule has 0 saturated heterocycles. The van der Waals surface area contributed by atoms with Crippen LogP contribution in [0.5, 0.6) is 0 Å². The minimum atomic E-state index is -0.182. The number of hydrazone groups is 1. The first kappa shape index (κ1) is 13.8. The standard InChI is InChI=1S/C16H17N3O/c1-13-6-5-9-15(10-13)17-12-16(20)19-18-11-14-7-3-2-4-8-14/h2-11,17H,12H2,1H3,(H,19,20)/b18-11-. The number of hydrogen-bond acceptors (Lipinski definition) is 3. The minimum absolute atomic E-state index is 0.182. The van der Waals surface area contributed by atoms with Gasteiger partial charge in [0.25, 0.3) is 5.91 Å². The van der Waals surface area contributed by atoms with Gasteiger partial charge in [-0.05, 0) is 30.2 Å². The molecule has 0 aliphatic carbocycles. The zero-order valence-corrected chi connectivity index (χ0v) is 11.3. The second-order valence-corrected chi connectivity index (χ2v) is 4.43. The van der Waals surface area contributed by atoms with Crippen LogP contribution in [-0.4, -0.2) is 18.7 Å². The Morgan fingerprint density at radius 1 is 1.15 bits per heavy atom. The quantitative estimate of drug-likeness (QED) is 0.646. The lowest BCUT2D eigenvalue weighted by Crippen LogP contribution is -2.25. The summed E-state index contributed by atoms with van der Waals surface area (Å²) < 4.78 is 0. The molecule has 0 bridgehead atoms. The number of carbonyl (C=O) groups excluding carboxylic acids is 1. The molecule has 0 aliphatic rings. The van der Waals surface area contributed by atoms with Gasteiger partial charge in [0.05, 0.1) is 12.8 Å². The molecular weight excluding hydrogens is 250 g/mol. The van der Waals surface area contributed by atoms with E-state index in [2.05, 4.69) is 15.8 Å². The van der Waals surface area contributed by atoms with Crippen molar-refractivity contribution in [3.05, 3.63) is 65.7 Å². The van der Waals surface area contributed by atoms with Crippen LogP contribution in [0, 0.1) is 6.92 Å². The van der Waals surface area contributed by atoms with Gasteiger partial charge in [-0.2, -0.15) is 5.10 Å². The molecule has 0 spiro atoms. The number of benzene rings is 2. The number of nitrogens with zero attached hydrogens (tertiary/aromatic N) is 1. The molecule has 0 saturated carbocycles. The molecule has 20 heavy (non-hydrogen) atoms. The Balaban J connectivity index is 1.77. The molecule has 1 amide bonds. The lowest BCUT2D eigenvalue weighted by Gasteiger charge is -2.05. The number of rotatable bonds is 5. The predicted molar refractivity (Wildman–Crippen MR) is 81.8 cm³/mol. The molecule has 102 valence electrons. The van der Waals surface area contributed by atoms with Crippen LogP contribution < -0.4 is 10.7 Å². The van der Waals surface area contributed by atoms with Crippen molar-refractivity contribution in [3.8, 4) is 0 Å². The Labute approximate surface area is 118 Å². The van der Waals surface area contributed by atoms with E-state index in [0.29, 0.717) is 0 Å². The highest BCUT2D eigenvalue weighted by atomic mass is 16.2. The van der Waals surface area contributed by atoms with Crippen molar-refractivity contribution in [2.75, 3.05) is 11.9 Å². The van der Waals surface area contributed by atoms with Crippen LogP contribution >= 0.6 is 0 Å². The van der Waals surface area contributed by atoms with E-state index in [0.717, 1.165) is 16.8 Å². The van der Waals surface area contributed by atoms with E-state index >= 15 is 0 Å². The predicted octanol–water partition coefficient (Wildman–Crippen LogP) is 2.56. The lowest BCUT2D eigenvalue weighted by molar-refractivity contribution is -0.119. The van der Waals surface area contributed by atoms with Crippen molar-refractivity contribution in [1.82, 2.24) is 5.43 Å². The summed E-state index contributed by atoms with van der Waals surface area (Å²) >= 11 is 0. The third-order valence-corrected chi connectivity index (χ3v) is 2.67. The largest absolute Gasteiger partial charge is 0.376 e. The summed E-state index contributed by atoms with van der Waals surface area (Å²) in [6, 6.07) is 17.5. The Bertz CT molecular complexity index is 594. The molecular formula is C16H17N3O. The zero-order valence-electron chi connectivity index (χ0n) is 11.3. The molecule has 2 N–H and O–H groups in total. The first-order valence-corrected chi connectivity index (χ1v) is 6.41. The van der Waals surface area contributed by atoms with Gasteiger partial charge in [-0.25, -0.2) is 5.43 Å². The first-order chi connectivity index (χ1) is 9.74. The number of hydrogen-bond donors (Lipinski definition) is 2. The molecule has 0 aromatic heterocycles. The molecule has 2 aromatic carbocycles. The fraction of sp³-hybridized carbons (Fsp3) is 0.125. The third kappa shape index (κ3) is 4.57. The number of carbonyl (C=O) groups is 1. The zero-order chi connectivity index (χ0) is 14.2. The third-order valence-electron chi connectivity index (χ3n) is 2.67. The van der Waals surface area contributed by atoms with Crippen LogP contribution in [0.2, 0.25) is 0 Å². The summed E-state index contributed by atoms with van der Waals surface area (Å²) in [5.74, 6) is -0.182. The van der Waals surface area contributed by atoms with E-state index in [1.54, 1.807) is 6.21 Å². The van der Waals surface area contributed by atoms with Crippen molar-refractivity contribution >= 4 is 17.8 Å². The maximum absolute atomic E-state index is 11.6. The summed E-state index contributed by atoms with van der Waals surface area (Å²) in [6.07, 6.45) is 1.62. The van der Waals surface area contributed by atoms with Crippen LogP contribution in [0.3, 0.4) is 0 Å². The maximum atomic E-state index is 11.6. The number of aryl methyl sites for hydroxylation is 1. The number of anilines is 1. The average Bonchev–Trinajstić information content (AvgIpc) is 2.46. The first-order valence-electron chi connectivity index (χ1n) is 6.41. The lowest BCUT2D eigenvalue weighted by atomic mass is 10.2. The summed E-state index contributed by atoms with van der Waals surface area (Å²) in [5.41, 5.74) is 5.50. The molecule has 2 aromatic rings. The maximum Gasteiger partial charge on any atom is 0.259 e. The van der Waals surface area contributed by atoms with Gasteiger partial charge in [0.15, 0.2) is 0 Å². The van der Waals surface area contributed by atoms with Crippen LogP contribution in [0.15, 0.2) is 59.7 Å².